The molecule has 2 radical (unpaired) electrons. The molecule has 0 spiro atoms. The van der Waals surface area contributed by atoms with Crippen molar-refractivity contribution in [3.05, 3.63) is 36.4 Å². The Morgan fingerprint density at radius 3 is 2.85 bits per heavy atom. The first kappa shape index (κ1) is 8.11. The largest absolute Gasteiger partial charge is 0.387 e. The highest BCUT2D eigenvalue weighted by Gasteiger charge is 2.15. The lowest BCUT2D eigenvalue weighted by Gasteiger charge is -2.27. The van der Waals surface area contributed by atoms with E-state index < -0.39 is 0 Å². The Bertz CT molecular complexity index is 396. The summed E-state index contributed by atoms with van der Waals surface area (Å²) in [6.07, 6.45) is 0. The summed E-state index contributed by atoms with van der Waals surface area (Å²) in [7, 11) is 5.74. The lowest BCUT2D eigenvalue weighted by atomic mass is 10.0. The van der Waals surface area contributed by atoms with E-state index in [1.165, 1.54) is 4.81 Å². The predicted molar refractivity (Wildman–Crippen MR) is 55.8 cm³/mol. The third-order valence-corrected chi connectivity index (χ3v) is 2.14. The molecule has 0 atom stereocenters. The van der Waals surface area contributed by atoms with Crippen LogP contribution in [0.3, 0.4) is 0 Å². The van der Waals surface area contributed by atoms with Crippen molar-refractivity contribution < 1.29 is 0 Å². The molecule has 1 aliphatic rings. The number of amidine groups is 1. The molecule has 1 heterocycles. The van der Waals surface area contributed by atoms with Gasteiger partial charge in [0.25, 0.3) is 0 Å². The first-order valence-electron chi connectivity index (χ1n) is 4.08. The summed E-state index contributed by atoms with van der Waals surface area (Å²) in [5, 5.41) is 0. The molecular weight excluding hydrogens is 159 g/mol. The molecule has 0 aromatic heterocycles. The molecular formula is C10H9BN2. The van der Waals surface area contributed by atoms with Crippen molar-refractivity contribution in [2.45, 2.75) is 6.92 Å². The summed E-state index contributed by atoms with van der Waals surface area (Å²) in [5.74, 6) is 0.767. The number of hydrogen-bond donors (Lipinski definition) is 0. The van der Waals surface area contributed by atoms with E-state index in [1.54, 1.807) is 0 Å². The van der Waals surface area contributed by atoms with Crippen molar-refractivity contribution in [1.29, 1.82) is 0 Å². The monoisotopic (exact) mass is 168 g/mol. The number of aliphatic imine (C=N–C) groups is 1. The number of rotatable bonds is 0. The fraction of sp³-hybridized carbons (Fsp3) is 0.100. The first-order chi connectivity index (χ1) is 6.20. The van der Waals surface area contributed by atoms with E-state index in [0.717, 1.165) is 22.8 Å². The van der Waals surface area contributed by atoms with E-state index in [2.05, 4.69) is 11.6 Å². The maximum absolute atomic E-state index is 5.74. The lowest BCUT2D eigenvalue weighted by molar-refractivity contribution is 0.910. The van der Waals surface area contributed by atoms with E-state index in [1.807, 2.05) is 31.2 Å². The minimum atomic E-state index is 0.767. The molecule has 62 valence electrons. The molecule has 1 aromatic rings. The van der Waals surface area contributed by atoms with Gasteiger partial charge >= 0.3 is 0 Å². The Hall–Kier alpha value is -1.51. The molecule has 3 heteroatoms. The van der Waals surface area contributed by atoms with E-state index >= 15 is 0 Å². The van der Waals surface area contributed by atoms with Crippen LogP contribution in [0.5, 0.6) is 0 Å². The van der Waals surface area contributed by atoms with Crippen LogP contribution in [-0.2, 0) is 0 Å². The van der Waals surface area contributed by atoms with Crippen LogP contribution in [0, 0.1) is 0 Å². The van der Waals surface area contributed by atoms with Crippen LogP contribution < -0.4 is 0 Å². The smallest absolute Gasteiger partial charge is 0.236 e. The molecule has 2 nitrogen and oxygen atoms in total. The predicted octanol–water partition coefficient (Wildman–Crippen LogP) is 2.11. The topological polar surface area (TPSA) is 15.6 Å². The summed E-state index contributed by atoms with van der Waals surface area (Å²) in [6.45, 7) is 5.77. The molecule has 2 rings (SSSR count). The van der Waals surface area contributed by atoms with Gasteiger partial charge in [0.05, 0.1) is 11.5 Å². The van der Waals surface area contributed by atoms with Gasteiger partial charge < -0.3 is 4.81 Å². The van der Waals surface area contributed by atoms with Crippen LogP contribution in [0.1, 0.15) is 12.5 Å². The Morgan fingerprint density at radius 2 is 2.08 bits per heavy atom. The fourth-order valence-electron chi connectivity index (χ4n) is 1.37. The van der Waals surface area contributed by atoms with E-state index in [9.17, 15) is 0 Å². The fourth-order valence-corrected chi connectivity index (χ4v) is 1.37. The van der Waals surface area contributed by atoms with Crippen LogP contribution in [0.15, 0.2) is 35.8 Å². The maximum Gasteiger partial charge on any atom is 0.236 e. The van der Waals surface area contributed by atoms with Crippen LogP contribution in [-0.4, -0.2) is 18.6 Å². The van der Waals surface area contributed by atoms with Crippen molar-refractivity contribution in [2.24, 2.45) is 4.99 Å². The van der Waals surface area contributed by atoms with Gasteiger partial charge in [0.15, 0.2) is 0 Å². The number of para-hydroxylation sites is 1. The summed E-state index contributed by atoms with van der Waals surface area (Å²) >= 11 is 0. The maximum atomic E-state index is 5.74. The molecule has 0 N–H and O–H groups in total. The number of fused-ring (bicyclic) bond motifs is 1. The van der Waals surface area contributed by atoms with Crippen LogP contribution in [0.2, 0.25) is 0 Å². The highest BCUT2D eigenvalue weighted by atomic mass is 15.1. The molecule has 0 amide bonds. The Labute approximate surface area is 79.0 Å². The Balaban J connectivity index is 2.63. The standard InChI is InChI=1S/C10H9BN2/c1-7-9-5-3-4-6-10(9)12-8(2)13(7)11/h3-6H,1H2,2H3. The highest BCUT2D eigenvalue weighted by Crippen LogP contribution is 2.31. The minimum absolute atomic E-state index is 0.767. The minimum Gasteiger partial charge on any atom is -0.387 e. The molecule has 0 saturated carbocycles. The second kappa shape index (κ2) is 2.77. The van der Waals surface area contributed by atoms with Crippen LogP contribution in [0.4, 0.5) is 5.69 Å². The average molecular weight is 168 g/mol. The molecule has 0 bridgehead atoms. The lowest BCUT2D eigenvalue weighted by Crippen LogP contribution is -2.26. The van der Waals surface area contributed by atoms with E-state index in [-0.39, 0.29) is 0 Å². The third kappa shape index (κ3) is 1.17. The van der Waals surface area contributed by atoms with Gasteiger partial charge in [-0.1, -0.05) is 24.8 Å². The average Bonchev–Trinajstić information content (AvgIpc) is 2.15. The molecule has 0 unspecified atom stereocenters. The van der Waals surface area contributed by atoms with Crippen LogP contribution >= 0.6 is 0 Å². The zero-order chi connectivity index (χ0) is 9.42. The van der Waals surface area contributed by atoms with Crippen LogP contribution in [0.25, 0.3) is 5.70 Å². The summed E-state index contributed by atoms with van der Waals surface area (Å²) < 4.78 is 0. The van der Waals surface area contributed by atoms with Crippen molar-refractivity contribution in [2.75, 3.05) is 0 Å². The van der Waals surface area contributed by atoms with Gasteiger partial charge in [0.1, 0.15) is 0 Å². The molecule has 0 saturated heterocycles. The SMILES string of the molecule is [B]N1C(=C)c2ccccc2N=C1C. The quantitative estimate of drug-likeness (QED) is 0.541. The Kier molecular flexibility index (Phi) is 1.73. The van der Waals surface area contributed by atoms with Gasteiger partial charge in [-0.05, 0) is 13.0 Å². The van der Waals surface area contributed by atoms with Crippen molar-refractivity contribution in [3.63, 3.8) is 0 Å². The highest BCUT2D eigenvalue weighted by molar-refractivity contribution is 6.22. The van der Waals surface area contributed by atoms with Crippen molar-refractivity contribution >= 4 is 25.2 Å². The van der Waals surface area contributed by atoms with Crippen molar-refractivity contribution in [1.82, 2.24) is 4.81 Å². The zero-order valence-electron chi connectivity index (χ0n) is 7.49. The third-order valence-electron chi connectivity index (χ3n) is 2.14. The normalized spacial score (nSPS) is 15.3. The van der Waals surface area contributed by atoms with E-state index in [0.29, 0.717) is 0 Å². The van der Waals surface area contributed by atoms with Gasteiger partial charge in [-0.15, -0.1) is 0 Å². The van der Waals surface area contributed by atoms with Gasteiger partial charge in [-0.25, -0.2) is 4.99 Å². The number of hydrogen-bond acceptors (Lipinski definition) is 2. The molecule has 0 fully saturated rings. The summed E-state index contributed by atoms with van der Waals surface area (Å²) in [5.41, 5.74) is 2.73. The second-order valence-electron chi connectivity index (χ2n) is 2.99. The van der Waals surface area contributed by atoms with Gasteiger partial charge in [0, 0.05) is 11.3 Å². The summed E-state index contributed by atoms with van der Waals surface area (Å²) in [6, 6.07) is 7.83. The molecule has 13 heavy (non-hydrogen) atoms. The van der Waals surface area contributed by atoms with Crippen molar-refractivity contribution in [3.8, 4) is 0 Å². The Morgan fingerprint density at radius 1 is 1.38 bits per heavy atom. The van der Waals surface area contributed by atoms with Gasteiger partial charge in [0.2, 0.25) is 7.98 Å². The van der Waals surface area contributed by atoms with Gasteiger partial charge in [-0.2, -0.15) is 0 Å². The molecule has 1 aromatic carbocycles. The number of benzene rings is 1. The van der Waals surface area contributed by atoms with E-state index in [4.69, 9.17) is 7.98 Å². The summed E-state index contributed by atoms with van der Waals surface area (Å²) in [4.78, 5) is 5.84. The number of nitrogens with zero attached hydrogens (tertiary/aromatic N) is 2. The zero-order valence-corrected chi connectivity index (χ0v) is 7.49. The molecule has 0 aliphatic carbocycles. The second-order valence-corrected chi connectivity index (χ2v) is 2.99. The first-order valence-corrected chi connectivity index (χ1v) is 4.08. The van der Waals surface area contributed by atoms with Gasteiger partial charge in [-0.3, -0.25) is 0 Å². The molecule has 1 aliphatic heterocycles.